The SMILES string of the molecule is Cc1ccc(-c2c([C@H](OC(C)(C)C)C(=O)O)c(C)cc3cc(-c4ccncc4)ccc23)cc1. The summed E-state index contributed by atoms with van der Waals surface area (Å²) in [5.41, 5.74) is 6.19. The minimum Gasteiger partial charge on any atom is -0.479 e. The topological polar surface area (TPSA) is 59.4 Å². The Hall–Kier alpha value is -3.50. The second-order valence-corrected chi connectivity index (χ2v) is 9.47. The molecule has 0 saturated carbocycles. The highest BCUT2D eigenvalue weighted by molar-refractivity contribution is 6.02. The largest absolute Gasteiger partial charge is 0.479 e. The Kier molecular flexibility index (Phi) is 6.05. The first kappa shape index (κ1) is 22.7. The van der Waals surface area contributed by atoms with Crippen molar-refractivity contribution in [2.45, 2.75) is 46.3 Å². The van der Waals surface area contributed by atoms with Gasteiger partial charge in [-0.3, -0.25) is 4.98 Å². The van der Waals surface area contributed by atoms with Gasteiger partial charge in [-0.1, -0.05) is 48.0 Å². The predicted octanol–water partition coefficient (Wildman–Crippen LogP) is 7.13. The van der Waals surface area contributed by atoms with Gasteiger partial charge in [-0.25, -0.2) is 4.79 Å². The van der Waals surface area contributed by atoms with Gasteiger partial charge in [0.2, 0.25) is 0 Å². The average molecular weight is 440 g/mol. The van der Waals surface area contributed by atoms with Crippen molar-refractivity contribution >= 4 is 16.7 Å². The fourth-order valence-electron chi connectivity index (χ4n) is 4.24. The van der Waals surface area contributed by atoms with Crippen molar-refractivity contribution in [3.63, 3.8) is 0 Å². The Balaban J connectivity index is 2.02. The van der Waals surface area contributed by atoms with Crippen LogP contribution in [0.1, 0.15) is 43.6 Å². The molecule has 0 bridgehead atoms. The van der Waals surface area contributed by atoms with E-state index >= 15 is 0 Å². The molecule has 0 spiro atoms. The molecule has 4 heteroatoms. The first-order chi connectivity index (χ1) is 15.6. The molecule has 0 unspecified atom stereocenters. The molecular formula is C29H29NO3. The maximum Gasteiger partial charge on any atom is 0.337 e. The summed E-state index contributed by atoms with van der Waals surface area (Å²) in [7, 11) is 0. The summed E-state index contributed by atoms with van der Waals surface area (Å²) in [5.74, 6) is -0.992. The van der Waals surface area contributed by atoms with Gasteiger partial charge in [-0.15, -0.1) is 0 Å². The zero-order valence-electron chi connectivity index (χ0n) is 19.7. The van der Waals surface area contributed by atoms with Crippen molar-refractivity contribution in [2.75, 3.05) is 0 Å². The summed E-state index contributed by atoms with van der Waals surface area (Å²) < 4.78 is 6.09. The number of hydrogen-bond acceptors (Lipinski definition) is 3. The van der Waals surface area contributed by atoms with E-state index in [4.69, 9.17) is 4.74 Å². The van der Waals surface area contributed by atoms with Crippen molar-refractivity contribution in [3.8, 4) is 22.3 Å². The van der Waals surface area contributed by atoms with E-state index in [9.17, 15) is 9.90 Å². The molecule has 0 aliphatic heterocycles. The molecule has 4 rings (SSSR count). The molecule has 4 aromatic rings. The van der Waals surface area contributed by atoms with Crippen LogP contribution in [-0.4, -0.2) is 21.7 Å². The average Bonchev–Trinajstić information content (AvgIpc) is 2.77. The number of aromatic nitrogens is 1. The van der Waals surface area contributed by atoms with Gasteiger partial charge in [0.1, 0.15) is 0 Å². The molecule has 1 aromatic heterocycles. The number of carboxylic acid groups (broad SMARTS) is 1. The van der Waals surface area contributed by atoms with Gasteiger partial charge in [-0.2, -0.15) is 0 Å². The lowest BCUT2D eigenvalue weighted by Gasteiger charge is -2.28. The van der Waals surface area contributed by atoms with E-state index in [1.54, 1.807) is 12.4 Å². The van der Waals surface area contributed by atoms with Gasteiger partial charge in [0.25, 0.3) is 0 Å². The molecule has 1 N–H and O–H groups in total. The second kappa shape index (κ2) is 8.80. The van der Waals surface area contributed by atoms with E-state index < -0.39 is 17.7 Å². The quantitative estimate of drug-likeness (QED) is 0.359. The molecule has 3 aromatic carbocycles. The van der Waals surface area contributed by atoms with E-state index in [1.165, 1.54) is 0 Å². The Morgan fingerprint density at radius 2 is 1.52 bits per heavy atom. The van der Waals surface area contributed by atoms with E-state index in [-0.39, 0.29) is 0 Å². The van der Waals surface area contributed by atoms with Crippen LogP contribution in [0.5, 0.6) is 0 Å². The number of aryl methyl sites for hydroxylation is 2. The van der Waals surface area contributed by atoms with Crippen LogP contribution in [0.2, 0.25) is 0 Å². The molecule has 0 fully saturated rings. The van der Waals surface area contributed by atoms with Crippen LogP contribution in [0.3, 0.4) is 0 Å². The van der Waals surface area contributed by atoms with Gasteiger partial charge in [-0.05, 0) is 91.4 Å². The zero-order valence-corrected chi connectivity index (χ0v) is 19.7. The number of pyridine rings is 1. The fraction of sp³-hybridized carbons (Fsp3) is 0.241. The highest BCUT2D eigenvalue weighted by atomic mass is 16.5. The standard InChI is InChI=1S/C29H29NO3/c1-18-6-8-21(9-7-18)26-24-11-10-22(20-12-14-30-15-13-20)17-23(24)16-19(2)25(26)27(28(31)32)33-29(3,4)5/h6-17,27H,1-5H3,(H,31,32)/t27-/m0/s1. The lowest BCUT2D eigenvalue weighted by molar-refractivity contribution is -0.160. The van der Waals surface area contributed by atoms with Crippen molar-refractivity contribution in [1.82, 2.24) is 4.98 Å². The van der Waals surface area contributed by atoms with Gasteiger partial charge in [0, 0.05) is 18.0 Å². The number of nitrogens with zero attached hydrogens (tertiary/aromatic N) is 1. The monoisotopic (exact) mass is 439 g/mol. The van der Waals surface area contributed by atoms with Gasteiger partial charge in [0.15, 0.2) is 6.10 Å². The molecule has 0 aliphatic carbocycles. The lowest BCUT2D eigenvalue weighted by atomic mass is 9.86. The molecular weight excluding hydrogens is 410 g/mol. The summed E-state index contributed by atoms with van der Waals surface area (Å²) in [6.07, 6.45) is 2.49. The molecule has 33 heavy (non-hydrogen) atoms. The molecule has 1 atom stereocenters. The maximum atomic E-state index is 12.4. The molecule has 0 aliphatic rings. The third-order valence-corrected chi connectivity index (χ3v) is 5.70. The highest BCUT2D eigenvalue weighted by Crippen LogP contribution is 2.41. The van der Waals surface area contributed by atoms with Crippen LogP contribution in [0.4, 0.5) is 0 Å². The molecule has 4 nitrogen and oxygen atoms in total. The van der Waals surface area contributed by atoms with E-state index in [0.717, 1.165) is 44.2 Å². The van der Waals surface area contributed by atoms with Crippen molar-refractivity contribution in [1.29, 1.82) is 0 Å². The number of rotatable bonds is 5. The number of hydrogen-bond donors (Lipinski definition) is 1. The van der Waals surface area contributed by atoms with Gasteiger partial charge >= 0.3 is 5.97 Å². The molecule has 1 heterocycles. The summed E-state index contributed by atoms with van der Waals surface area (Å²) >= 11 is 0. The summed E-state index contributed by atoms with van der Waals surface area (Å²) in [6, 6.07) is 20.6. The van der Waals surface area contributed by atoms with E-state index in [2.05, 4.69) is 53.5 Å². The van der Waals surface area contributed by atoms with Crippen molar-refractivity contribution in [3.05, 3.63) is 89.7 Å². The number of fused-ring (bicyclic) bond motifs is 1. The molecule has 0 saturated heterocycles. The predicted molar refractivity (Wildman–Crippen MR) is 133 cm³/mol. The lowest BCUT2D eigenvalue weighted by Crippen LogP contribution is -2.28. The molecule has 0 amide bonds. The minimum absolute atomic E-state index is 0.611. The van der Waals surface area contributed by atoms with Crippen molar-refractivity contribution in [2.24, 2.45) is 0 Å². The van der Waals surface area contributed by atoms with Crippen LogP contribution < -0.4 is 0 Å². The molecule has 168 valence electrons. The van der Waals surface area contributed by atoms with E-state index in [0.29, 0.717) is 5.56 Å². The fourth-order valence-corrected chi connectivity index (χ4v) is 4.24. The summed E-state index contributed by atoms with van der Waals surface area (Å²) in [6.45, 7) is 9.65. The number of carbonyl (C=O) groups is 1. The first-order valence-corrected chi connectivity index (χ1v) is 11.1. The Morgan fingerprint density at radius 3 is 2.12 bits per heavy atom. The van der Waals surface area contributed by atoms with Crippen LogP contribution in [0.25, 0.3) is 33.0 Å². The van der Waals surface area contributed by atoms with Crippen molar-refractivity contribution < 1.29 is 14.6 Å². The third-order valence-electron chi connectivity index (χ3n) is 5.70. The number of ether oxygens (including phenoxy) is 1. The normalized spacial score (nSPS) is 12.6. The number of carboxylic acids is 1. The Bertz CT molecular complexity index is 1300. The third kappa shape index (κ3) is 4.81. The number of aliphatic carboxylic acids is 1. The van der Waals surface area contributed by atoms with Crippen LogP contribution in [0, 0.1) is 13.8 Å². The molecule has 0 radical (unpaired) electrons. The number of benzene rings is 3. The second-order valence-electron chi connectivity index (χ2n) is 9.47. The summed E-state index contributed by atoms with van der Waals surface area (Å²) in [5, 5.41) is 12.2. The first-order valence-electron chi connectivity index (χ1n) is 11.1. The van der Waals surface area contributed by atoms with Crippen LogP contribution in [0.15, 0.2) is 73.1 Å². The van der Waals surface area contributed by atoms with Gasteiger partial charge < -0.3 is 9.84 Å². The Labute approximate surface area is 194 Å². The van der Waals surface area contributed by atoms with E-state index in [1.807, 2.05) is 46.8 Å². The Morgan fingerprint density at radius 1 is 0.879 bits per heavy atom. The van der Waals surface area contributed by atoms with Crippen LogP contribution in [-0.2, 0) is 9.53 Å². The zero-order chi connectivity index (χ0) is 23.8. The van der Waals surface area contributed by atoms with Gasteiger partial charge in [0.05, 0.1) is 5.60 Å². The highest BCUT2D eigenvalue weighted by Gasteiger charge is 2.31. The minimum atomic E-state index is -1.08. The van der Waals surface area contributed by atoms with Crippen LogP contribution >= 0.6 is 0 Å². The smallest absolute Gasteiger partial charge is 0.337 e. The maximum absolute atomic E-state index is 12.4. The summed E-state index contributed by atoms with van der Waals surface area (Å²) in [4.78, 5) is 16.5.